The van der Waals surface area contributed by atoms with Crippen LogP contribution in [-0.4, -0.2) is 74.9 Å². The third-order valence-electron chi connectivity index (χ3n) is 10.7. The molecule has 2 unspecified atom stereocenters. The highest BCUT2D eigenvalue weighted by Crippen LogP contribution is 2.43. The first-order valence-corrected chi connectivity index (χ1v) is 27.3. The second-order valence-corrected chi connectivity index (χ2v) is 19.6. The lowest BCUT2D eigenvalue weighted by molar-refractivity contribution is -0.870. The van der Waals surface area contributed by atoms with Gasteiger partial charge < -0.3 is 18.9 Å². The number of rotatable bonds is 46. The minimum atomic E-state index is -4.39. The zero-order valence-corrected chi connectivity index (χ0v) is 43.1. The Bertz CT molecular complexity index is 1380. The highest BCUT2D eigenvalue weighted by molar-refractivity contribution is 7.47. The van der Waals surface area contributed by atoms with E-state index in [-0.39, 0.29) is 32.0 Å². The fraction of sp³-hybridized carbons (Fsp3) is 0.709. The number of carbonyl (C=O) groups is 2. The van der Waals surface area contributed by atoms with Gasteiger partial charge in [0.15, 0.2) is 6.10 Å². The molecule has 0 saturated heterocycles. The largest absolute Gasteiger partial charge is 0.472 e. The Morgan fingerprint density at radius 1 is 0.492 bits per heavy atom. The van der Waals surface area contributed by atoms with Gasteiger partial charge in [-0.15, -0.1) is 0 Å². The summed E-state index contributed by atoms with van der Waals surface area (Å²) in [7, 11) is 1.46. The average molecular weight is 931 g/mol. The van der Waals surface area contributed by atoms with E-state index in [4.69, 9.17) is 18.5 Å². The van der Waals surface area contributed by atoms with Gasteiger partial charge in [0.25, 0.3) is 0 Å². The van der Waals surface area contributed by atoms with Gasteiger partial charge >= 0.3 is 19.8 Å². The van der Waals surface area contributed by atoms with Gasteiger partial charge in [-0.25, -0.2) is 4.57 Å². The van der Waals surface area contributed by atoms with Gasteiger partial charge in [-0.05, 0) is 83.5 Å². The van der Waals surface area contributed by atoms with E-state index < -0.39 is 26.5 Å². The summed E-state index contributed by atoms with van der Waals surface area (Å²) in [5, 5.41) is 0. The van der Waals surface area contributed by atoms with Crippen molar-refractivity contribution < 1.29 is 42.1 Å². The lowest BCUT2D eigenvalue weighted by atomic mass is 10.0. The van der Waals surface area contributed by atoms with E-state index >= 15 is 0 Å². The molecule has 0 radical (unpaired) electrons. The number of likely N-dealkylation sites (N-methyl/N-ethyl adjacent to an activating group) is 1. The Kier molecular flexibility index (Phi) is 44.3. The second-order valence-electron chi connectivity index (χ2n) is 18.2. The zero-order valence-electron chi connectivity index (χ0n) is 42.2. The molecular weight excluding hydrogens is 834 g/mol. The van der Waals surface area contributed by atoms with E-state index in [0.717, 1.165) is 109 Å². The number of hydrogen-bond donors (Lipinski definition) is 1. The molecule has 0 aliphatic heterocycles. The fourth-order valence-corrected chi connectivity index (χ4v) is 7.39. The Morgan fingerprint density at radius 3 is 1.31 bits per heavy atom. The number of phosphoric acid groups is 1. The average Bonchev–Trinajstić information content (AvgIpc) is 3.26. The molecule has 9 nitrogen and oxygen atoms in total. The first-order chi connectivity index (χ1) is 31.5. The lowest BCUT2D eigenvalue weighted by Gasteiger charge is -2.24. The van der Waals surface area contributed by atoms with Crippen LogP contribution in [0.25, 0.3) is 0 Å². The van der Waals surface area contributed by atoms with Crippen molar-refractivity contribution in [2.24, 2.45) is 0 Å². The first-order valence-electron chi connectivity index (χ1n) is 25.8. The number of quaternary nitrogens is 1. The molecule has 10 heteroatoms. The molecule has 374 valence electrons. The summed E-state index contributed by atoms with van der Waals surface area (Å²) >= 11 is 0. The molecule has 0 bridgehead atoms. The molecule has 0 amide bonds. The minimum absolute atomic E-state index is 0.0250. The molecule has 0 aromatic carbocycles. The molecular formula is C55H97NO8P+. The topological polar surface area (TPSA) is 108 Å². The Balaban J connectivity index is 4.22. The number of ether oxygens (including phenoxy) is 2. The SMILES string of the molecule is CC/C=C\C/C=C\C/C=C\C/C=C\C/C=C\CCCCCCCCCCCCCC(=O)OC(COC(=O)CCCCCCC/C=C\C/C=C\CCCC)COP(=O)(O)OCC[N+](C)(C)C. The van der Waals surface area contributed by atoms with Crippen LogP contribution in [0.3, 0.4) is 0 Å². The van der Waals surface area contributed by atoms with E-state index in [1.54, 1.807) is 0 Å². The summed E-state index contributed by atoms with van der Waals surface area (Å²) in [4.78, 5) is 35.5. The van der Waals surface area contributed by atoms with Crippen LogP contribution in [0, 0.1) is 0 Å². The van der Waals surface area contributed by atoms with Gasteiger partial charge in [-0.2, -0.15) is 0 Å². The van der Waals surface area contributed by atoms with Crippen molar-refractivity contribution in [1.29, 1.82) is 0 Å². The summed E-state index contributed by atoms with van der Waals surface area (Å²) in [6.45, 7) is 4.25. The summed E-state index contributed by atoms with van der Waals surface area (Å²) < 4.78 is 34.4. The van der Waals surface area contributed by atoms with Crippen molar-refractivity contribution in [3.63, 3.8) is 0 Å². The van der Waals surface area contributed by atoms with Crippen LogP contribution in [-0.2, 0) is 32.7 Å². The molecule has 0 fully saturated rings. The quantitative estimate of drug-likeness (QED) is 0.0211. The predicted octanol–water partition coefficient (Wildman–Crippen LogP) is 15.5. The molecule has 0 spiro atoms. The Labute approximate surface area is 399 Å². The fourth-order valence-electron chi connectivity index (χ4n) is 6.65. The zero-order chi connectivity index (χ0) is 47.8. The summed E-state index contributed by atoms with van der Waals surface area (Å²) in [5.41, 5.74) is 0. The molecule has 1 N–H and O–H groups in total. The van der Waals surface area contributed by atoms with Gasteiger partial charge in [0.05, 0.1) is 27.7 Å². The second kappa shape index (κ2) is 46.3. The molecule has 2 atom stereocenters. The maximum atomic E-state index is 12.8. The van der Waals surface area contributed by atoms with E-state index in [1.165, 1.54) is 57.8 Å². The summed E-state index contributed by atoms with van der Waals surface area (Å²) in [6.07, 6.45) is 60.6. The van der Waals surface area contributed by atoms with Crippen molar-refractivity contribution in [3.8, 4) is 0 Å². The van der Waals surface area contributed by atoms with Crippen LogP contribution in [0.2, 0.25) is 0 Å². The standard InChI is InChI=1S/C55H96NO8P/c1-6-8-10-12-14-16-18-20-22-23-24-25-26-27-28-29-30-31-32-33-34-36-38-40-42-44-46-48-55(58)64-53(52-63-65(59,60)62-50-49-56(3,4)5)51-61-54(57)47-45-43-41-39-37-35-21-19-17-15-13-11-9-7-2/h8,10,13-16,19-22,24-25,27-28,53H,6-7,9,11-12,17-18,23,26,29-52H2,1-5H3/p+1/b10-8-,15-13-,16-14-,21-19-,22-20-,25-24-,28-27-. The lowest BCUT2D eigenvalue weighted by Crippen LogP contribution is -2.37. The van der Waals surface area contributed by atoms with Gasteiger partial charge in [-0.1, -0.05) is 189 Å². The number of unbranched alkanes of at least 4 members (excludes halogenated alkanes) is 18. The predicted molar refractivity (Wildman–Crippen MR) is 275 cm³/mol. The van der Waals surface area contributed by atoms with Crippen LogP contribution in [0.1, 0.15) is 200 Å². The minimum Gasteiger partial charge on any atom is -0.462 e. The highest BCUT2D eigenvalue weighted by atomic mass is 31.2. The highest BCUT2D eigenvalue weighted by Gasteiger charge is 2.27. The number of carbonyl (C=O) groups excluding carboxylic acids is 2. The van der Waals surface area contributed by atoms with Crippen LogP contribution in [0.15, 0.2) is 85.1 Å². The van der Waals surface area contributed by atoms with Crippen LogP contribution in [0.5, 0.6) is 0 Å². The van der Waals surface area contributed by atoms with Crippen LogP contribution >= 0.6 is 7.82 Å². The number of nitrogens with zero attached hydrogens (tertiary/aromatic N) is 1. The first kappa shape index (κ1) is 62.2. The molecule has 0 rings (SSSR count). The van der Waals surface area contributed by atoms with Crippen molar-refractivity contribution in [3.05, 3.63) is 85.1 Å². The smallest absolute Gasteiger partial charge is 0.462 e. The van der Waals surface area contributed by atoms with Crippen LogP contribution in [0.4, 0.5) is 0 Å². The summed E-state index contributed by atoms with van der Waals surface area (Å²) in [6, 6.07) is 0. The Morgan fingerprint density at radius 2 is 0.877 bits per heavy atom. The van der Waals surface area contributed by atoms with Gasteiger partial charge in [0.2, 0.25) is 0 Å². The molecule has 0 aliphatic rings. The number of phosphoric ester groups is 1. The molecule has 0 aromatic heterocycles. The molecule has 0 saturated carbocycles. The molecule has 0 aliphatic carbocycles. The van der Waals surface area contributed by atoms with Crippen molar-refractivity contribution >= 4 is 19.8 Å². The number of hydrogen-bond acceptors (Lipinski definition) is 7. The van der Waals surface area contributed by atoms with Crippen LogP contribution < -0.4 is 0 Å². The van der Waals surface area contributed by atoms with E-state index in [0.29, 0.717) is 17.4 Å². The molecule has 0 heterocycles. The summed E-state index contributed by atoms with van der Waals surface area (Å²) in [5.74, 6) is -0.822. The third kappa shape index (κ3) is 50.4. The maximum Gasteiger partial charge on any atom is 0.472 e. The third-order valence-corrected chi connectivity index (χ3v) is 11.6. The van der Waals surface area contributed by atoms with E-state index in [9.17, 15) is 19.0 Å². The molecule has 65 heavy (non-hydrogen) atoms. The Hall–Kier alpha value is -2.81. The van der Waals surface area contributed by atoms with Gasteiger partial charge in [0.1, 0.15) is 19.8 Å². The maximum absolute atomic E-state index is 12.8. The van der Waals surface area contributed by atoms with Crippen molar-refractivity contribution in [2.75, 3.05) is 47.5 Å². The van der Waals surface area contributed by atoms with Crippen molar-refractivity contribution in [1.82, 2.24) is 0 Å². The number of esters is 2. The normalized spacial score (nSPS) is 14.1. The van der Waals surface area contributed by atoms with E-state index in [1.807, 2.05) is 21.1 Å². The number of allylic oxidation sites excluding steroid dienone is 14. The van der Waals surface area contributed by atoms with Gasteiger partial charge in [0, 0.05) is 12.8 Å². The van der Waals surface area contributed by atoms with Crippen molar-refractivity contribution in [2.45, 2.75) is 206 Å². The van der Waals surface area contributed by atoms with Gasteiger partial charge in [-0.3, -0.25) is 18.6 Å². The monoisotopic (exact) mass is 931 g/mol. The molecule has 0 aromatic rings. The van der Waals surface area contributed by atoms with E-state index in [2.05, 4.69) is 98.9 Å².